The van der Waals surface area contributed by atoms with Crippen molar-refractivity contribution in [2.45, 2.75) is 12.9 Å². The number of alkyl halides is 3. The molecule has 29 heavy (non-hydrogen) atoms. The van der Waals surface area contributed by atoms with Crippen molar-refractivity contribution in [3.63, 3.8) is 0 Å². The zero-order valence-electron chi connectivity index (χ0n) is 14.7. The number of aromatic nitrogens is 3. The van der Waals surface area contributed by atoms with Crippen molar-refractivity contribution < 1.29 is 17.9 Å². The molecule has 0 fully saturated rings. The lowest BCUT2D eigenvalue weighted by Crippen LogP contribution is -2.21. The molecule has 4 aromatic rings. The molecule has 0 atom stereocenters. The molecule has 0 saturated heterocycles. The van der Waals surface area contributed by atoms with Crippen LogP contribution in [0.1, 0.15) is 5.56 Å². The van der Waals surface area contributed by atoms with Gasteiger partial charge in [-0.05, 0) is 45.8 Å². The second kappa shape index (κ2) is 7.40. The summed E-state index contributed by atoms with van der Waals surface area (Å²) >= 11 is 3.42. The second-order valence-electron chi connectivity index (χ2n) is 6.25. The highest BCUT2D eigenvalue weighted by Crippen LogP contribution is 2.25. The predicted molar refractivity (Wildman–Crippen MR) is 105 cm³/mol. The van der Waals surface area contributed by atoms with Gasteiger partial charge in [-0.1, -0.05) is 30.3 Å². The standard InChI is InChI=1S/C20H13BrF3N3O2/c21-16-11-27(14-6-8-15(9-7-14)29-20(22,23)24)19(28)18-17(16)25-12-26(18)10-13-4-2-1-3-5-13/h1-9,11-12H,10H2. The van der Waals surface area contributed by atoms with E-state index in [0.29, 0.717) is 27.7 Å². The molecule has 0 aliphatic rings. The molecular formula is C20H13BrF3N3O2. The van der Waals surface area contributed by atoms with Crippen LogP contribution in [0.3, 0.4) is 0 Å². The summed E-state index contributed by atoms with van der Waals surface area (Å²) in [6.07, 6.45) is -1.64. The molecule has 2 aromatic heterocycles. The highest BCUT2D eigenvalue weighted by molar-refractivity contribution is 9.10. The highest BCUT2D eigenvalue weighted by atomic mass is 79.9. The normalized spacial score (nSPS) is 11.7. The topological polar surface area (TPSA) is 49.0 Å². The fraction of sp³-hybridized carbons (Fsp3) is 0.100. The molecule has 0 aliphatic heterocycles. The predicted octanol–water partition coefficient (Wildman–Crippen LogP) is 4.90. The SMILES string of the molecule is O=c1c2c(ncn2Cc2ccccc2)c(Br)cn1-c1ccc(OC(F)(F)F)cc1. The zero-order valence-corrected chi connectivity index (χ0v) is 16.3. The van der Waals surface area contributed by atoms with Gasteiger partial charge in [-0.2, -0.15) is 0 Å². The largest absolute Gasteiger partial charge is 0.573 e. The maximum Gasteiger partial charge on any atom is 0.573 e. The first-order valence-electron chi connectivity index (χ1n) is 8.48. The maximum absolute atomic E-state index is 13.1. The van der Waals surface area contributed by atoms with E-state index in [1.807, 2.05) is 30.3 Å². The molecule has 2 aromatic carbocycles. The van der Waals surface area contributed by atoms with Crippen LogP contribution in [0.25, 0.3) is 16.7 Å². The minimum absolute atomic E-state index is 0.332. The lowest BCUT2D eigenvalue weighted by molar-refractivity contribution is -0.274. The molecule has 9 heteroatoms. The van der Waals surface area contributed by atoms with Gasteiger partial charge in [0.05, 0.1) is 10.8 Å². The van der Waals surface area contributed by atoms with Crippen molar-refractivity contribution in [2.24, 2.45) is 0 Å². The number of hydrogen-bond acceptors (Lipinski definition) is 3. The molecule has 5 nitrogen and oxygen atoms in total. The maximum atomic E-state index is 13.1. The molecule has 0 bridgehead atoms. The number of pyridine rings is 1. The van der Waals surface area contributed by atoms with E-state index >= 15 is 0 Å². The van der Waals surface area contributed by atoms with Crippen LogP contribution in [0.15, 0.2) is 76.4 Å². The fourth-order valence-corrected chi connectivity index (χ4v) is 3.52. The van der Waals surface area contributed by atoms with Crippen molar-refractivity contribution >= 4 is 27.0 Å². The quantitative estimate of drug-likeness (QED) is 0.432. The lowest BCUT2D eigenvalue weighted by Gasteiger charge is -2.11. The Bertz CT molecular complexity index is 1220. The van der Waals surface area contributed by atoms with Crippen molar-refractivity contribution in [1.29, 1.82) is 0 Å². The average Bonchev–Trinajstić information content (AvgIpc) is 3.09. The Balaban J connectivity index is 1.77. The van der Waals surface area contributed by atoms with Gasteiger partial charge in [-0.3, -0.25) is 9.36 Å². The van der Waals surface area contributed by atoms with E-state index in [0.717, 1.165) is 17.7 Å². The van der Waals surface area contributed by atoms with E-state index in [4.69, 9.17) is 0 Å². The van der Waals surface area contributed by atoms with E-state index in [-0.39, 0.29) is 11.3 Å². The van der Waals surface area contributed by atoms with Crippen molar-refractivity contribution in [3.05, 3.63) is 87.5 Å². The summed E-state index contributed by atoms with van der Waals surface area (Å²) in [7, 11) is 0. The molecular weight excluding hydrogens is 451 g/mol. The van der Waals surface area contributed by atoms with Gasteiger partial charge in [0.15, 0.2) is 0 Å². The van der Waals surface area contributed by atoms with Crippen LogP contribution in [0.5, 0.6) is 5.75 Å². The van der Waals surface area contributed by atoms with Gasteiger partial charge in [-0.15, -0.1) is 13.2 Å². The number of hydrogen-bond donors (Lipinski definition) is 0. The number of nitrogens with zero attached hydrogens (tertiary/aromatic N) is 3. The molecule has 0 radical (unpaired) electrons. The molecule has 4 rings (SSSR count). The Morgan fingerprint density at radius 3 is 2.38 bits per heavy atom. The smallest absolute Gasteiger partial charge is 0.406 e. The van der Waals surface area contributed by atoms with E-state index in [1.54, 1.807) is 17.1 Å². The number of imidazole rings is 1. The molecule has 0 N–H and O–H groups in total. The highest BCUT2D eigenvalue weighted by Gasteiger charge is 2.31. The lowest BCUT2D eigenvalue weighted by atomic mass is 10.2. The molecule has 0 spiro atoms. The van der Waals surface area contributed by atoms with Gasteiger partial charge in [0.25, 0.3) is 5.56 Å². The van der Waals surface area contributed by atoms with Gasteiger partial charge >= 0.3 is 6.36 Å². The molecule has 0 amide bonds. The van der Waals surface area contributed by atoms with Crippen molar-refractivity contribution in [2.75, 3.05) is 0 Å². The van der Waals surface area contributed by atoms with E-state index in [2.05, 4.69) is 25.7 Å². The van der Waals surface area contributed by atoms with Crippen LogP contribution in [0.4, 0.5) is 13.2 Å². The molecule has 0 unspecified atom stereocenters. The van der Waals surface area contributed by atoms with E-state index in [9.17, 15) is 18.0 Å². The van der Waals surface area contributed by atoms with Crippen molar-refractivity contribution in [1.82, 2.24) is 14.1 Å². The summed E-state index contributed by atoms with van der Waals surface area (Å²) in [6, 6.07) is 14.7. The average molecular weight is 464 g/mol. The second-order valence-corrected chi connectivity index (χ2v) is 7.10. The molecule has 148 valence electrons. The summed E-state index contributed by atoms with van der Waals surface area (Å²) in [5.74, 6) is -0.358. The van der Waals surface area contributed by atoms with Gasteiger partial charge in [-0.25, -0.2) is 4.98 Å². The summed E-state index contributed by atoms with van der Waals surface area (Å²) in [6.45, 7) is 0.460. The summed E-state index contributed by atoms with van der Waals surface area (Å²) in [5, 5.41) is 0. The molecule has 2 heterocycles. The van der Waals surface area contributed by atoms with Gasteiger partial charge in [0, 0.05) is 18.4 Å². The first-order valence-corrected chi connectivity index (χ1v) is 9.27. The number of fused-ring (bicyclic) bond motifs is 1. The van der Waals surface area contributed by atoms with Crippen LogP contribution in [-0.4, -0.2) is 20.5 Å². The Hall–Kier alpha value is -3.07. The number of ether oxygens (including phenoxy) is 1. The first kappa shape index (κ1) is 19.3. The van der Waals surface area contributed by atoms with Crippen molar-refractivity contribution in [3.8, 4) is 11.4 Å². The minimum Gasteiger partial charge on any atom is -0.406 e. The monoisotopic (exact) mass is 463 g/mol. The molecule has 0 aliphatic carbocycles. The van der Waals surface area contributed by atoms with Gasteiger partial charge < -0.3 is 9.30 Å². The fourth-order valence-electron chi connectivity index (χ4n) is 3.03. The third-order valence-corrected chi connectivity index (χ3v) is 4.85. The Morgan fingerprint density at radius 1 is 1.03 bits per heavy atom. The summed E-state index contributed by atoms with van der Waals surface area (Å²) in [5.41, 5.74) is 1.98. The summed E-state index contributed by atoms with van der Waals surface area (Å²) < 4.78 is 44.6. The van der Waals surface area contributed by atoms with E-state index < -0.39 is 6.36 Å². The first-order chi connectivity index (χ1) is 13.8. The third kappa shape index (κ3) is 4.04. The molecule has 0 saturated carbocycles. The summed E-state index contributed by atoms with van der Waals surface area (Å²) in [4.78, 5) is 17.5. The minimum atomic E-state index is -4.77. The van der Waals surface area contributed by atoms with Gasteiger partial charge in [0.2, 0.25) is 0 Å². The number of rotatable bonds is 4. The Morgan fingerprint density at radius 2 is 1.72 bits per heavy atom. The third-order valence-electron chi connectivity index (χ3n) is 4.27. The number of halogens is 4. The van der Waals surface area contributed by atoms with Crippen LogP contribution in [0, 0.1) is 0 Å². The Labute approximate surface area is 171 Å². The number of benzene rings is 2. The van der Waals surface area contributed by atoms with E-state index in [1.165, 1.54) is 16.7 Å². The zero-order chi connectivity index (χ0) is 20.6. The van der Waals surface area contributed by atoms with Crippen LogP contribution < -0.4 is 10.3 Å². The Kier molecular flexibility index (Phi) is 4.91. The van der Waals surface area contributed by atoms with Crippen LogP contribution in [-0.2, 0) is 6.54 Å². The van der Waals surface area contributed by atoms with Crippen LogP contribution >= 0.6 is 15.9 Å². The van der Waals surface area contributed by atoms with Crippen LogP contribution in [0.2, 0.25) is 0 Å². The van der Waals surface area contributed by atoms with Gasteiger partial charge in [0.1, 0.15) is 16.8 Å².